The highest BCUT2D eigenvalue weighted by molar-refractivity contribution is 5.93. The first-order chi connectivity index (χ1) is 10.2. The van der Waals surface area contributed by atoms with E-state index >= 15 is 0 Å². The number of rotatable bonds is 7. The van der Waals surface area contributed by atoms with Gasteiger partial charge in [0, 0.05) is 37.5 Å². The first-order valence-electron chi connectivity index (χ1n) is 7.84. The Kier molecular flexibility index (Phi) is 5.99. The minimum absolute atomic E-state index is 0.114. The minimum atomic E-state index is -0.114. The standard InChI is InChI=1S/C16H25N3O2/c1-3-7-17-13-5-8-18-14(10-13)16(20)19-11-12-6-9-21-15(12)4-2/h5,8,10,12,15H,3-4,6-7,9,11H2,1-2H3,(H,17,18)(H,19,20). The lowest BCUT2D eigenvalue weighted by Gasteiger charge is -2.17. The van der Waals surface area contributed by atoms with Crippen LogP contribution in [0.5, 0.6) is 0 Å². The number of anilines is 1. The van der Waals surface area contributed by atoms with Crippen molar-refractivity contribution in [2.75, 3.05) is 25.0 Å². The second kappa shape index (κ2) is 7.98. The van der Waals surface area contributed by atoms with Crippen molar-refractivity contribution in [1.29, 1.82) is 0 Å². The number of nitrogens with zero attached hydrogens (tertiary/aromatic N) is 1. The fourth-order valence-electron chi connectivity index (χ4n) is 2.63. The Balaban J connectivity index is 1.88. The molecule has 0 bridgehead atoms. The smallest absolute Gasteiger partial charge is 0.269 e. The maximum atomic E-state index is 12.2. The van der Waals surface area contributed by atoms with Crippen LogP contribution in [0.4, 0.5) is 5.69 Å². The molecule has 1 aliphatic heterocycles. The molecule has 1 amide bonds. The lowest BCUT2D eigenvalue weighted by Crippen LogP contribution is -2.33. The van der Waals surface area contributed by atoms with Gasteiger partial charge in [0.25, 0.3) is 5.91 Å². The van der Waals surface area contributed by atoms with Crippen molar-refractivity contribution in [1.82, 2.24) is 10.3 Å². The van der Waals surface area contributed by atoms with Gasteiger partial charge in [-0.2, -0.15) is 0 Å². The predicted molar refractivity (Wildman–Crippen MR) is 83.5 cm³/mol. The van der Waals surface area contributed by atoms with Crippen molar-refractivity contribution in [3.8, 4) is 0 Å². The molecule has 5 heteroatoms. The lowest BCUT2D eigenvalue weighted by molar-refractivity contribution is 0.0825. The number of amides is 1. The second-order valence-electron chi connectivity index (χ2n) is 5.43. The van der Waals surface area contributed by atoms with Gasteiger partial charge >= 0.3 is 0 Å². The molecule has 2 N–H and O–H groups in total. The number of carbonyl (C=O) groups is 1. The minimum Gasteiger partial charge on any atom is -0.385 e. The number of hydrogen-bond acceptors (Lipinski definition) is 4. The molecule has 0 spiro atoms. The highest BCUT2D eigenvalue weighted by atomic mass is 16.5. The lowest BCUT2D eigenvalue weighted by atomic mass is 10.00. The van der Waals surface area contributed by atoms with Gasteiger partial charge in [-0.3, -0.25) is 9.78 Å². The normalized spacial score (nSPS) is 21.2. The largest absolute Gasteiger partial charge is 0.385 e. The second-order valence-corrected chi connectivity index (χ2v) is 5.43. The first kappa shape index (κ1) is 15.8. The van der Waals surface area contributed by atoms with E-state index in [0.717, 1.165) is 38.1 Å². The number of pyridine rings is 1. The maximum Gasteiger partial charge on any atom is 0.269 e. The molecule has 2 atom stereocenters. The molecular weight excluding hydrogens is 266 g/mol. The van der Waals surface area contributed by atoms with E-state index in [-0.39, 0.29) is 12.0 Å². The molecule has 1 aliphatic rings. The molecule has 0 aliphatic carbocycles. The predicted octanol–water partition coefficient (Wildman–Crippen LogP) is 2.45. The van der Waals surface area contributed by atoms with Crippen LogP contribution >= 0.6 is 0 Å². The van der Waals surface area contributed by atoms with Gasteiger partial charge in [0.15, 0.2) is 0 Å². The summed E-state index contributed by atoms with van der Waals surface area (Å²) in [6.45, 7) is 6.58. The van der Waals surface area contributed by atoms with Crippen molar-refractivity contribution < 1.29 is 9.53 Å². The van der Waals surface area contributed by atoms with Crippen LogP contribution in [-0.4, -0.2) is 36.7 Å². The fraction of sp³-hybridized carbons (Fsp3) is 0.625. The molecular formula is C16H25N3O2. The third kappa shape index (κ3) is 4.43. The van der Waals surface area contributed by atoms with E-state index in [4.69, 9.17) is 4.74 Å². The van der Waals surface area contributed by atoms with E-state index < -0.39 is 0 Å². The zero-order chi connectivity index (χ0) is 15.1. The van der Waals surface area contributed by atoms with Crippen molar-refractivity contribution in [3.63, 3.8) is 0 Å². The van der Waals surface area contributed by atoms with Gasteiger partial charge in [-0.25, -0.2) is 0 Å². The first-order valence-corrected chi connectivity index (χ1v) is 7.84. The van der Waals surface area contributed by atoms with Gasteiger partial charge in [-0.15, -0.1) is 0 Å². The van der Waals surface area contributed by atoms with Gasteiger partial charge in [0.05, 0.1) is 6.10 Å². The zero-order valence-corrected chi connectivity index (χ0v) is 12.9. The van der Waals surface area contributed by atoms with Crippen LogP contribution in [0.25, 0.3) is 0 Å². The Hall–Kier alpha value is -1.62. The molecule has 0 aromatic carbocycles. The Morgan fingerprint density at radius 3 is 3.10 bits per heavy atom. The highest BCUT2D eigenvalue weighted by Crippen LogP contribution is 2.22. The topological polar surface area (TPSA) is 63.2 Å². The summed E-state index contributed by atoms with van der Waals surface area (Å²) in [6, 6.07) is 3.68. The number of nitrogens with one attached hydrogen (secondary N) is 2. The monoisotopic (exact) mass is 291 g/mol. The average Bonchev–Trinajstić information content (AvgIpc) is 2.98. The quantitative estimate of drug-likeness (QED) is 0.810. The zero-order valence-electron chi connectivity index (χ0n) is 12.9. The Morgan fingerprint density at radius 2 is 2.33 bits per heavy atom. The van der Waals surface area contributed by atoms with Crippen molar-refractivity contribution >= 4 is 11.6 Å². The Bertz CT molecular complexity index is 465. The number of carbonyl (C=O) groups excluding carboxylic acids is 1. The van der Waals surface area contributed by atoms with Gasteiger partial charge in [0.1, 0.15) is 5.69 Å². The number of aromatic nitrogens is 1. The van der Waals surface area contributed by atoms with Gasteiger partial charge in [-0.1, -0.05) is 13.8 Å². The van der Waals surface area contributed by atoms with Gasteiger partial charge in [-0.05, 0) is 31.4 Å². The van der Waals surface area contributed by atoms with Crippen LogP contribution in [0, 0.1) is 5.92 Å². The summed E-state index contributed by atoms with van der Waals surface area (Å²) in [4.78, 5) is 16.3. The van der Waals surface area contributed by atoms with E-state index in [9.17, 15) is 4.79 Å². The van der Waals surface area contributed by atoms with Gasteiger partial charge in [0.2, 0.25) is 0 Å². The van der Waals surface area contributed by atoms with E-state index in [1.807, 2.05) is 6.07 Å². The number of hydrogen-bond donors (Lipinski definition) is 2. The molecule has 1 fully saturated rings. The summed E-state index contributed by atoms with van der Waals surface area (Å²) in [6.07, 6.45) is 5.00. The number of ether oxygens (including phenoxy) is 1. The van der Waals surface area contributed by atoms with E-state index in [0.29, 0.717) is 18.2 Å². The van der Waals surface area contributed by atoms with Crippen LogP contribution in [0.2, 0.25) is 0 Å². The van der Waals surface area contributed by atoms with Crippen LogP contribution in [0.3, 0.4) is 0 Å². The molecule has 2 rings (SSSR count). The molecule has 1 aromatic heterocycles. The summed E-state index contributed by atoms with van der Waals surface area (Å²) in [5.41, 5.74) is 1.40. The van der Waals surface area contributed by atoms with Crippen molar-refractivity contribution in [2.45, 2.75) is 39.2 Å². The highest BCUT2D eigenvalue weighted by Gasteiger charge is 2.27. The molecule has 2 heterocycles. The molecule has 1 saturated heterocycles. The third-order valence-electron chi connectivity index (χ3n) is 3.85. The average molecular weight is 291 g/mol. The summed E-state index contributed by atoms with van der Waals surface area (Å²) in [5, 5.41) is 6.24. The fourth-order valence-corrected chi connectivity index (χ4v) is 2.63. The summed E-state index contributed by atoms with van der Waals surface area (Å²) in [5.74, 6) is 0.303. The van der Waals surface area contributed by atoms with Crippen LogP contribution in [-0.2, 0) is 4.74 Å². The molecule has 2 unspecified atom stereocenters. The molecule has 21 heavy (non-hydrogen) atoms. The van der Waals surface area contributed by atoms with E-state index in [2.05, 4.69) is 29.5 Å². The van der Waals surface area contributed by atoms with E-state index in [1.54, 1.807) is 12.3 Å². The summed E-state index contributed by atoms with van der Waals surface area (Å²) >= 11 is 0. The van der Waals surface area contributed by atoms with Crippen LogP contribution < -0.4 is 10.6 Å². The molecule has 0 saturated carbocycles. The molecule has 1 aromatic rings. The molecule has 5 nitrogen and oxygen atoms in total. The SMILES string of the molecule is CCCNc1ccnc(C(=O)NCC2CCOC2CC)c1. The molecule has 116 valence electrons. The Labute approximate surface area is 126 Å². The Morgan fingerprint density at radius 1 is 1.48 bits per heavy atom. The van der Waals surface area contributed by atoms with E-state index in [1.165, 1.54) is 0 Å². The van der Waals surface area contributed by atoms with Crippen molar-refractivity contribution in [2.24, 2.45) is 5.92 Å². The van der Waals surface area contributed by atoms with Gasteiger partial charge < -0.3 is 15.4 Å². The summed E-state index contributed by atoms with van der Waals surface area (Å²) in [7, 11) is 0. The van der Waals surface area contributed by atoms with Crippen LogP contribution in [0.1, 0.15) is 43.6 Å². The summed E-state index contributed by atoms with van der Waals surface area (Å²) < 4.78 is 5.64. The third-order valence-corrected chi connectivity index (χ3v) is 3.85. The molecule has 0 radical (unpaired) electrons. The van der Waals surface area contributed by atoms with Crippen LogP contribution in [0.15, 0.2) is 18.3 Å². The van der Waals surface area contributed by atoms with Crippen molar-refractivity contribution in [3.05, 3.63) is 24.0 Å². The maximum absolute atomic E-state index is 12.2.